The Balaban J connectivity index is 1.65. The van der Waals surface area contributed by atoms with Gasteiger partial charge in [0.2, 0.25) is 0 Å². The third-order valence-electron chi connectivity index (χ3n) is 3.89. The summed E-state index contributed by atoms with van der Waals surface area (Å²) >= 11 is 5.58. The third-order valence-corrected chi connectivity index (χ3v) is 4.22. The average Bonchev–Trinajstić information content (AvgIpc) is 2.68. The van der Waals surface area contributed by atoms with E-state index in [1.54, 1.807) is 12.1 Å². The van der Waals surface area contributed by atoms with E-state index in [0.717, 1.165) is 17.7 Å². The molecule has 0 aliphatic heterocycles. The van der Waals surface area contributed by atoms with Crippen molar-refractivity contribution in [3.8, 4) is 5.75 Å². The first-order valence-electron chi connectivity index (χ1n) is 8.28. The number of ether oxygens (including phenoxy) is 1. The molecule has 3 rings (SSSR count). The molecule has 3 nitrogen and oxygen atoms in total. The van der Waals surface area contributed by atoms with Gasteiger partial charge in [-0.3, -0.25) is 4.79 Å². The topological polar surface area (TPSA) is 38.3 Å². The maximum Gasteiger partial charge on any atom is 0.417 e. The number of nitrogens with one attached hydrogen (secondary N) is 1. The van der Waals surface area contributed by atoms with Crippen LogP contribution in [0.4, 0.5) is 18.9 Å². The second kappa shape index (κ2) is 8.35. The summed E-state index contributed by atoms with van der Waals surface area (Å²) in [5.41, 5.74) is 0.297. The third kappa shape index (κ3) is 5.04. The molecule has 0 heterocycles. The second-order valence-electron chi connectivity index (χ2n) is 5.95. The lowest BCUT2D eigenvalue weighted by molar-refractivity contribution is -0.137. The van der Waals surface area contributed by atoms with Gasteiger partial charge in [-0.05, 0) is 48.0 Å². The monoisotopic (exact) mass is 405 g/mol. The zero-order valence-electron chi connectivity index (χ0n) is 14.5. The van der Waals surface area contributed by atoms with Gasteiger partial charge < -0.3 is 10.1 Å². The van der Waals surface area contributed by atoms with Gasteiger partial charge in [0.1, 0.15) is 12.4 Å². The van der Waals surface area contributed by atoms with Gasteiger partial charge in [-0.2, -0.15) is 13.2 Å². The quantitative estimate of drug-likeness (QED) is 0.549. The Hall–Kier alpha value is -2.99. The molecule has 0 radical (unpaired) electrons. The smallest absolute Gasteiger partial charge is 0.417 e. The average molecular weight is 406 g/mol. The van der Waals surface area contributed by atoms with Crippen molar-refractivity contribution in [2.75, 3.05) is 5.32 Å². The molecule has 0 aliphatic rings. The van der Waals surface area contributed by atoms with Gasteiger partial charge in [0.15, 0.2) is 0 Å². The molecule has 0 fully saturated rings. The van der Waals surface area contributed by atoms with Crippen LogP contribution < -0.4 is 10.1 Å². The lowest BCUT2D eigenvalue weighted by Gasteiger charge is -2.12. The largest absolute Gasteiger partial charge is 0.489 e. The number of carbonyl (C=O) groups is 1. The Morgan fingerprint density at radius 2 is 1.64 bits per heavy atom. The maximum atomic E-state index is 12.9. The number of rotatable bonds is 5. The van der Waals surface area contributed by atoms with Crippen LogP contribution in [0.25, 0.3) is 0 Å². The number of halogens is 4. The molecule has 0 unspecified atom stereocenters. The van der Waals surface area contributed by atoms with Gasteiger partial charge >= 0.3 is 6.18 Å². The van der Waals surface area contributed by atoms with Crippen molar-refractivity contribution < 1.29 is 22.7 Å². The fraction of sp³-hybridized carbons (Fsp3) is 0.0952. The molecule has 0 saturated carbocycles. The molecule has 7 heteroatoms. The summed E-state index contributed by atoms with van der Waals surface area (Å²) in [5.74, 6) is 0.0382. The maximum absolute atomic E-state index is 12.9. The molecule has 28 heavy (non-hydrogen) atoms. The summed E-state index contributed by atoms with van der Waals surface area (Å²) in [6.45, 7) is 0.386. The Morgan fingerprint density at radius 3 is 2.29 bits per heavy atom. The van der Waals surface area contributed by atoms with E-state index in [-0.39, 0.29) is 11.3 Å². The first kappa shape index (κ1) is 19.8. The summed E-state index contributed by atoms with van der Waals surface area (Å²) in [6.07, 6.45) is -4.60. The van der Waals surface area contributed by atoms with Crippen molar-refractivity contribution >= 4 is 23.2 Å². The molecular weight excluding hydrogens is 391 g/mol. The minimum absolute atomic E-state index is 0.00568. The van der Waals surface area contributed by atoms with Crippen molar-refractivity contribution in [1.29, 1.82) is 0 Å². The highest BCUT2D eigenvalue weighted by Crippen LogP contribution is 2.36. The highest BCUT2D eigenvalue weighted by molar-refractivity contribution is 6.31. The number of hydrogen-bond donors (Lipinski definition) is 1. The molecule has 0 bridgehead atoms. The fourth-order valence-corrected chi connectivity index (χ4v) is 2.69. The van der Waals surface area contributed by atoms with E-state index in [2.05, 4.69) is 5.32 Å². The highest BCUT2D eigenvalue weighted by atomic mass is 35.5. The fourth-order valence-electron chi connectivity index (χ4n) is 2.47. The molecular formula is C21H15ClF3NO2. The van der Waals surface area contributed by atoms with Crippen LogP contribution in [0.1, 0.15) is 21.5 Å². The molecule has 0 spiro atoms. The molecule has 0 saturated heterocycles. The minimum Gasteiger partial charge on any atom is -0.489 e. The van der Waals surface area contributed by atoms with E-state index in [9.17, 15) is 18.0 Å². The van der Waals surface area contributed by atoms with Crippen molar-refractivity contribution in [1.82, 2.24) is 0 Å². The summed E-state index contributed by atoms with van der Waals surface area (Å²) in [4.78, 5) is 12.3. The van der Waals surface area contributed by atoms with Crippen LogP contribution in [0.5, 0.6) is 5.75 Å². The van der Waals surface area contributed by atoms with Crippen molar-refractivity contribution in [3.05, 3.63) is 94.5 Å². The van der Waals surface area contributed by atoms with E-state index in [4.69, 9.17) is 16.3 Å². The zero-order valence-corrected chi connectivity index (χ0v) is 15.2. The first-order valence-corrected chi connectivity index (χ1v) is 8.65. The minimum atomic E-state index is -4.60. The SMILES string of the molecule is O=C(Nc1ccc(Cl)c(C(F)(F)F)c1)c1ccc(OCc2ccccc2)cc1. The predicted molar refractivity (Wildman–Crippen MR) is 102 cm³/mol. The Morgan fingerprint density at radius 1 is 0.964 bits per heavy atom. The highest BCUT2D eigenvalue weighted by Gasteiger charge is 2.33. The van der Waals surface area contributed by atoms with Gasteiger partial charge in [-0.25, -0.2) is 0 Å². The predicted octanol–water partition coefficient (Wildman–Crippen LogP) is 6.19. The first-order chi connectivity index (χ1) is 13.3. The van der Waals surface area contributed by atoms with Crippen molar-refractivity contribution in [3.63, 3.8) is 0 Å². The molecule has 144 valence electrons. The van der Waals surface area contributed by atoms with E-state index < -0.39 is 22.7 Å². The Kier molecular flexibility index (Phi) is 5.90. The number of carbonyl (C=O) groups excluding carboxylic acids is 1. The molecule has 3 aromatic carbocycles. The number of benzene rings is 3. The van der Waals surface area contributed by atoms with Gasteiger partial charge in [0.05, 0.1) is 10.6 Å². The van der Waals surface area contributed by atoms with Crippen LogP contribution in [0.2, 0.25) is 5.02 Å². The standard InChI is InChI=1S/C21H15ClF3NO2/c22-19-11-8-16(12-18(19)21(23,24)25)26-20(27)15-6-9-17(10-7-15)28-13-14-4-2-1-3-5-14/h1-12H,13H2,(H,26,27). The summed E-state index contributed by atoms with van der Waals surface area (Å²) in [7, 11) is 0. The van der Waals surface area contributed by atoms with Crippen molar-refractivity contribution in [2.45, 2.75) is 12.8 Å². The van der Waals surface area contributed by atoms with E-state index in [1.165, 1.54) is 18.2 Å². The Labute approximate surface area is 164 Å². The molecule has 0 atom stereocenters. The van der Waals surface area contributed by atoms with Gasteiger partial charge in [-0.1, -0.05) is 41.9 Å². The molecule has 1 amide bonds. The lowest BCUT2D eigenvalue weighted by Crippen LogP contribution is -2.13. The van der Waals surface area contributed by atoms with Crippen LogP contribution in [0.15, 0.2) is 72.8 Å². The Bertz CT molecular complexity index is 958. The van der Waals surface area contributed by atoms with Crippen molar-refractivity contribution in [2.24, 2.45) is 0 Å². The number of hydrogen-bond acceptors (Lipinski definition) is 2. The van der Waals surface area contributed by atoms with Gasteiger partial charge in [0.25, 0.3) is 5.91 Å². The van der Waals surface area contributed by atoms with Crippen LogP contribution in [-0.4, -0.2) is 5.91 Å². The van der Waals surface area contributed by atoms with Crippen LogP contribution in [-0.2, 0) is 12.8 Å². The zero-order chi connectivity index (χ0) is 20.1. The molecule has 0 aromatic heterocycles. The van der Waals surface area contributed by atoms with Gasteiger partial charge in [-0.15, -0.1) is 0 Å². The van der Waals surface area contributed by atoms with E-state index >= 15 is 0 Å². The van der Waals surface area contributed by atoms with Crippen LogP contribution in [0, 0.1) is 0 Å². The van der Waals surface area contributed by atoms with E-state index in [0.29, 0.717) is 12.4 Å². The summed E-state index contributed by atoms with van der Waals surface area (Å²) < 4.78 is 44.4. The summed E-state index contributed by atoms with van der Waals surface area (Å²) in [5, 5.41) is 2.01. The lowest BCUT2D eigenvalue weighted by atomic mass is 10.1. The van der Waals surface area contributed by atoms with Gasteiger partial charge in [0, 0.05) is 11.3 Å². The molecule has 3 aromatic rings. The summed E-state index contributed by atoms with van der Waals surface area (Å²) in [6, 6.07) is 19.1. The van der Waals surface area contributed by atoms with Crippen LogP contribution in [0.3, 0.4) is 0 Å². The normalized spacial score (nSPS) is 11.1. The number of alkyl halides is 3. The van der Waals surface area contributed by atoms with Crippen LogP contribution >= 0.6 is 11.6 Å². The molecule has 0 aliphatic carbocycles. The van der Waals surface area contributed by atoms with E-state index in [1.807, 2.05) is 30.3 Å². The number of anilines is 1. The number of amides is 1. The second-order valence-corrected chi connectivity index (χ2v) is 6.35. The molecule has 1 N–H and O–H groups in total.